The van der Waals surface area contributed by atoms with Crippen LogP contribution in [-0.2, 0) is 28.0 Å². The molecular formula is C40H37ClFNO4. The Labute approximate surface area is 280 Å². The van der Waals surface area contributed by atoms with Gasteiger partial charge in [-0.2, -0.15) is 0 Å². The molecule has 0 spiro atoms. The lowest BCUT2D eigenvalue weighted by Crippen LogP contribution is -2.43. The maximum Gasteiger partial charge on any atom is 0.328 e. The summed E-state index contributed by atoms with van der Waals surface area (Å²) in [4.78, 5) is 27.5. The molecule has 5 aromatic rings. The molecule has 0 aliphatic heterocycles. The number of amides is 1. The minimum Gasteiger partial charge on any atom is -0.487 e. The molecule has 0 aromatic heterocycles. The van der Waals surface area contributed by atoms with E-state index in [-0.39, 0.29) is 23.6 Å². The summed E-state index contributed by atoms with van der Waals surface area (Å²) in [5.74, 6) is -1.32. The lowest BCUT2D eigenvalue weighted by molar-refractivity contribution is -0.142. The number of ether oxygens (including phenoxy) is 2. The zero-order chi connectivity index (χ0) is 33.6. The quantitative estimate of drug-likeness (QED) is 0.153. The summed E-state index contributed by atoms with van der Waals surface area (Å²) in [7, 11) is 1.30. The first-order valence-electron chi connectivity index (χ1n) is 15.4. The smallest absolute Gasteiger partial charge is 0.328 e. The molecule has 5 aromatic carbocycles. The van der Waals surface area contributed by atoms with Crippen LogP contribution >= 0.6 is 11.6 Å². The number of methoxy groups -OCH3 is 1. The molecule has 5 rings (SSSR count). The maximum atomic E-state index is 14.4. The van der Waals surface area contributed by atoms with Gasteiger partial charge in [0.25, 0.3) is 5.91 Å². The van der Waals surface area contributed by atoms with Crippen molar-refractivity contribution in [3.63, 3.8) is 0 Å². The van der Waals surface area contributed by atoms with E-state index < -0.39 is 29.2 Å². The molecule has 1 atom stereocenters. The van der Waals surface area contributed by atoms with Crippen molar-refractivity contribution in [3.8, 4) is 28.0 Å². The van der Waals surface area contributed by atoms with Crippen LogP contribution in [-0.4, -0.2) is 25.0 Å². The van der Waals surface area contributed by atoms with E-state index in [1.54, 1.807) is 6.07 Å². The predicted molar refractivity (Wildman–Crippen MR) is 185 cm³/mol. The van der Waals surface area contributed by atoms with Gasteiger partial charge in [0.15, 0.2) is 0 Å². The van der Waals surface area contributed by atoms with Gasteiger partial charge in [0.05, 0.1) is 17.7 Å². The van der Waals surface area contributed by atoms with Crippen LogP contribution in [0.2, 0.25) is 5.02 Å². The summed E-state index contributed by atoms with van der Waals surface area (Å²) >= 11 is 6.19. The van der Waals surface area contributed by atoms with Gasteiger partial charge in [-0.05, 0) is 50.9 Å². The fraction of sp³-hybridized carbons (Fsp3) is 0.200. The van der Waals surface area contributed by atoms with E-state index in [2.05, 4.69) is 5.32 Å². The van der Waals surface area contributed by atoms with Crippen molar-refractivity contribution in [2.45, 2.75) is 45.3 Å². The van der Waals surface area contributed by atoms with Gasteiger partial charge < -0.3 is 14.8 Å². The van der Waals surface area contributed by atoms with E-state index in [1.807, 2.05) is 118 Å². The number of carbonyl (C=O) groups is 2. The highest BCUT2D eigenvalue weighted by Gasteiger charge is 2.31. The standard InChI is InChI=1S/C40H37ClFNO4/c1-40(2,3)32-21-20-31(30-19-22-34(42)33(41)24-30)37(47-25-27-11-7-5-8-12-27)36(32)38(44)43-35(39(45)46-4)23-26-15-17-29(18-16-26)28-13-9-6-10-14-28/h5-22,24,35H,23,25H2,1-4H3,(H,43,44)/t35-/m0/s1. The molecule has 0 bridgehead atoms. The van der Waals surface area contributed by atoms with Crippen LogP contribution in [0.1, 0.15) is 47.8 Å². The first kappa shape index (κ1) is 33.4. The predicted octanol–water partition coefficient (Wildman–Crippen LogP) is 9.20. The van der Waals surface area contributed by atoms with Crippen molar-refractivity contribution in [1.29, 1.82) is 0 Å². The molecule has 0 saturated heterocycles. The molecular weight excluding hydrogens is 613 g/mol. The molecule has 0 aliphatic rings. The summed E-state index contributed by atoms with van der Waals surface area (Å²) in [6, 6.07) is 34.6. The van der Waals surface area contributed by atoms with Gasteiger partial charge in [-0.25, -0.2) is 9.18 Å². The topological polar surface area (TPSA) is 64.6 Å². The van der Waals surface area contributed by atoms with Crippen LogP contribution in [0, 0.1) is 5.82 Å². The van der Waals surface area contributed by atoms with Crippen LogP contribution in [0.25, 0.3) is 22.3 Å². The van der Waals surface area contributed by atoms with Crippen molar-refractivity contribution in [1.82, 2.24) is 5.32 Å². The maximum absolute atomic E-state index is 14.4. The number of nitrogens with one attached hydrogen (secondary N) is 1. The van der Waals surface area contributed by atoms with Gasteiger partial charge in [0, 0.05) is 12.0 Å². The highest BCUT2D eigenvalue weighted by Crippen LogP contribution is 2.41. The lowest BCUT2D eigenvalue weighted by atomic mass is 9.81. The molecule has 0 aliphatic carbocycles. The minimum atomic E-state index is -0.978. The molecule has 0 saturated carbocycles. The molecule has 240 valence electrons. The Morgan fingerprint density at radius 1 is 0.787 bits per heavy atom. The average Bonchev–Trinajstić information content (AvgIpc) is 3.08. The first-order valence-corrected chi connectivity index (χ1v) is 15.8. The number of hydrogen-bond acceptors (Lipinski definition) is 4. The van der Waals surface area contributed by atoms with Crippen molar-refractivity contribution < 1.29 is 23.5 Å². The number of hydrogen-bond donors (Lipinski definition) is 1. The summed E-state index contributed by atoms with van der Waals surface area (Å²) in [6.45, 7) is 6.17. The number of benzene rings is 5. The third-order valence-corrected chi connectivity index (χ3v) is 8.23. The van der Waals surface area contributed by atoms with Gasteiger partial charge >= 0.3 is 5.97 Å². The van der Waals surface area contributed by atoms with Crippen molar-refractivity contribution in [3.05, 3.63) is 148 Å². The van der Waals surface area contributed by atoms with E-state index in [0.29, 0.717) is 22.4 Å². The zero-order valence-corrected chi connectivity index (χ0v) is 27.6. The summed E-state index contributed by atoms with van der Waals surface area (Å²) in [5.41, 5.74) is 5.53. The first-order chi connectivity index (χ1) is 22.5. The van der Waals surface area contributed by atoms with Gasteiger partial charge in [-0.1, -0.05) is 136 Å². The second kappa shape index (κ2) is 14.7. The lowest BCUT2D eigenvalue weighted by Gasteiger charge is -2.27. The summed E-state index contributed by atoms with van der Waals surface area (Å²) in [6.07, 6.45) is 0.214. The Kier molecular flexibility index (Phi) is 10.4. The monoisotopic (exact) mass is 649 g/mol. The molecule has 5 nitrogen and oxygen atoms in total. The SMILES string of the molecule is COC(=O)[C@H](Cc1ccc(-c2ccccc2)cc1)NC(=O)c1c(C(C)(C)C)ccc(-c2ccc(F)c(Cl)c2)c1OCc1ccccc1. The van der Waals surface area contributed by atoms with E-state index in [4.69, 9.17) is 21.1 Å². The molecule has 0 fully saturated rings. The largest absolute Gasteiger partial charge is 0.487 e. The Hall–Kier alpha value is -4.94. The fourth-order valence-corrected chi connectivity index (χ4v) is 5.65. The normalized spacial score (nSPS) is 11.9. The summed E-state index contributed by atoms with van der Waals surface area (Å²) in [5, 5.41) is 2.90. The van der Waals surface area contributed by atoms with Crippen LogP contribution < -0.4 is 10.1 Å². The molecule has 7 heteroatoms. The highest BCUT2D eigenvalue weighted by molar-refractivity contribution is 6.31. The van der Waals surface area contributed by atoms with Crippen LogP contribution in [0.15, 0.2) is 115 Å². The van der Waals surface area contributed by atoms with Crippen LogP contribution in [0.3, 0.4) is 0 Å². The molecule has 0 radical (unpaired) electrons. The molecule has 47 heavy (non-hydrogen) atoms. The van der Waals surface area contributed by atoms with Crippen molar-refractivity contribution >= 4 is 23.5 Å². The summed E-state index contributed by atoms with van der Waals surface area (Å²) < 4.78 is 25.8. The number of carbonyl (C=O) groups excluding carboxylic acids is 2. The number of halogens is 2. The van der Waals surface area contributed by atoms with Gasteiger partial charge in [-0.15, -0.1) is 0 Å². The van der Waals surface area contributed by atoms with E-state index >= 15 is 0 Å². The number of esters is 1. The Bertz CT molecular complexity index is 1850. The second-order valence-electron chi connectivity index (χ2n) is 12.3. The minimum absolute atomic E-state index is 0.0496. The van der Waals surface area contributed by atoms with E-state index in [9.17, 15) is 14.0 Å². The molecule has 0 heterocycles. The third kappa shape index (κ3) is 8.08. The van der Waals surface area contributed by atoms with Gasteiger partial charge in [0.1, 0.15) is 24.2 Å². The highest BCUT2D eigenvalue weighted by atomic mass is 35.5. The van der Waals surface area contributed by atoms with Crippen molar-refractivity contribution in [2.75, 3.05) is 7.11 Å². The van der Waals surface area contributed by atoms with Gasteiger partial charge in [0.2, 0.25) is 0 Å². The average molecular weight is 650 g/mol. The number of rotatable bonds is 10. The Balaban J connectivity index is 1.55. The fourth-order valence-electron chi connectivity index (χ4n) is 5.47. The van der Waals surface area contributed by atoms with Crippen molar-refractivity contribution in [2.24, 2.45) is 0 Å². The van der Waals surface area contributed by atoms with E-state index in [1.165, 1.54) is 19.2 Å². The molecule has 0 unspecified atom stereocenters. The van der Waals surface area contributed by atoms with E-state index in [0.717, 1.165) is 22.3 Å². The van der Waals surface area contributed by atoms with Crippen LogP contribution in [0.4, 0.5) is 4.39 Å². The Morgan fingerprint density at radius 2 is 1.40 bits per heavy atom. The van der Waals surface area contributed by atoms with Gasteiger partial charge in [-0.3, -0.25) is 4.79 Å². The Morgan fingerprint density at radius 3 is 2.02 bits per heavy atom. The zero-order valence-electron chi connectivity index (χ0n) is 26.9. The molecule has 1 N–H and O–H groups in total. The third-order valence-electron chi connectivity index (χ3n) is 7.94. The molecule has 1 amide bonds. The second-order valence-corrected chi connectivity index (χ2v) is 12.7. The van der Waals surface area contributed by atoms with Crippen LogP contribution in [0.5, 0.6) is 5.75 Å².